The first kappa shape index (κ1) is 21.3. The van der Waals surface area contributed by atoms with E-state index in [4.69, 9.17) is 11.5 Å². The van der Waals surface area contributed by atoms with Gasteiger partial charge in [-0.15, -0.1) is 0 Å². The molecular weight excluding hydrogens is 450 g/mol. The molecule has 3 heterocycles. The summed E-state index contributed by atoms with van der Waals surface area (Å²) in [7, 11) is 0. The molecule has 0 spiro atoms. The molecule has 0 bridgehead atoms. The van der Waals surface area contributed by atoms with E-state index in [-0.39, 0.29) is 28.7 Å². The van der Waals surface area contributed by atoms with Crippen LogP contribution in [0.2, 0.25) is 0 Å². The Bertz CT molecular complexity index is 1530. The highest BCUT2D eigenvalue weighted by Gasteiger charge is 2.21. The van der Waals surface area contributed by atoms with Crippen LogP contribution in [0.1, 0.15) is 11.3 Å². The molecule has 0 atom stereocenters. The van der Waals surface area contributed by atoms with Crippen LogP contribution >= 0.6 is 0 Å². The number of halogens is 4. The average molecular weight is 465 g/mol. The second-order valence-corrected chi connectivity index (χ2v) is 7.43. The lowest BCUT2D eigenvalue weighted by Crippen LogP contribution is -2.10. The molecule has 0 fully saturated rings. The summed E-state index contributed by atoms with van der Waals surface area (Å²) in [6.07, 6.45) is 2.70. The predicted octanol–water partition coefficient (Wildman–Crippen LogP) is 4.19. The molecule has 5 rings (SSSR count). The zero-order valence-corrected chi connectivity index (χ0v) is 17.3. The Hall–Kier alpha value is -4.54. The summed E-state index contributed by atoms with van der Waals surface area (Å²) in [6.45, 7) is 0. The highest BCUT2D eigenvalue weighted by Crippen LogP contribution is 2.31. The van der Waals surface area contributed by atoms with Gasteiger partial charge in [-0.3, -0.25) is 4.98 Å². The standard InChI is InChI=1S/C23H15F4N7/c24-12-3-6-18-14(8-12)17(9-13-15(25)4-5-16(26)20(13)27)33-34(18)23-31-21(28)19(22(29)32-23)11-2-1-7-30-10-11/h1-8,10H,9H2,(H4,28,29,31,32). The first-order chi connectivity index (χ1) is 16.3. The van der Waals surface area contributed by atoms with Gasteiger partial charge >= 0.3 is 0 Å². The van der Waals surface area contributed by atoms with Crippen molar-refractivity contribution in [1.82, 2.24) is 24.7 Å². The number of pyridine rings is 1. The molecule has 0 amide bonds. The van der Waals surface area contributed by atoms with Crippen LogP contribution in [0.25, 0.3) is 28.0 Å². The molecule has 0 saturated heterocycles. The van der Waals surface area contributed by atoms with Crippen LogP contribution < -0.4 is 11.5 Å². The number of hydrogen-bond donors (Lipinski definition) is 2. The Morgan fingerprint density at radius 1 is 0.882 bits per heavy atom. The normalized spacial score (nSPS) is 11.3. The van der Waals surface area contributed by atoms with E-state index in [2.05, 4.69) is 20.1 Å². The van der Waals surface area contributed by atoms with Crippen molar-refractivity contribution in [3.63, 3.8) is 0 Å². The molecule has 34 heavy (non-hydrogen) atoms. The zero-order valence-electron chi connectivity index (χ0n) is 17.3. The number of anilines is 2. The Morgan fingerprint density at radius 3 is 2.32 bits per heavy atom. The van der Waals surface area contributed by atoms with Crippen molar-refractivity contribution >= 4 is 22.5 Å². The molecule has 0 aliphatic heterocycles. The molecule has 2 aromatic carbocycles. The number of benzene rings is 2. The van der Waals surface area contributed by atoms with E-state index in [1.165, 1.54) is 16.8 Å². The number of hydrogen-bond acceptors (Lipinski definition) is 6. The predicted molar refractivity (Wildman–Crippen MR) is 118 cm³/mol. The summed E-state index contributed by atoms with van der Waals surface area (Å²) in [4.78, 5) is 12.6. The minimum Gasteiger partial charge on any atom is -0.383 e. The van der Waals surface area contributed by atoms with Gasteiger partial charge < -0.3 is 11.5 Å². The number of nitrogen functional groups attached to an aromatic ring is 2. The number of fused-ring (bicyclic) bond motifs is 1. The summed E-state index contributed by atoms with van der Waals surface area (Å²) in [6, 6.07) is 8.69. The van der Waals surface area contributed by atoms with Crippen LogP contribution in [0.5, 0.6) is 0 Å². The number of aromatic nitrogens is 5. The molecule has 11 heteroatoms. The van der Waals surface area contributed by atoms with E-state index in [9.17, 15) is 17.6 Å². The highest BCUT2D eigenvalue weighted by atomic mass is 19.2. The van der Waals surface area contributed by atoms with E-state index >= 15 is 0 Å². The lowest BCUT2D eigenvalue weighted by Gasteiger charge is -2.10. The maximum atomic E-state index is 14.3. The molecule has 0 unspecified atom stereocenters. The molecular formula is C23H15F4N7. The molecule has 5 aromatic rings. The van der Waals surface area contributed by atoms with Gasteiger partial charge in [-0.05, 0) is 36.4 Å². The molecule has 3 aromatic heterocycles. The Labute approximate surface area is 189 Å². The summed E-state index contributed by atoms with van der Waals surface area (Å²) < 4.78 is 57.5. The Balaban J connectivity index is 1.67. The lowest BCUT2D eigenvalue weighted by atomic mass is 10.1. The van der Waals surface area contributed by atoms with Crippen LogP contribution in [0.15, 0.2) is 54.9 Å². The number of rotatable bonds is 4. The van der Waals surface area contributed by atoms with Gasteiger partial charge in [0.25, 0.3) is 5.95 Å². The molecule has 170 valence electrons. The van der Waals surface area contributed by atoms with Crippen LogP contribution in [0.3, 0.4) is 0 Å². The summed E-state index contributed by atoms with van der Waals surface area (Å²) in [5, 5.41) is 4.57. The van der Waals surface area contributed by atoms with Crippen LogP contribution in [-0.2, 0) is 6.42 Å². The fourth-order valence-corrected chi connectivity index (χ4v) is 3.72. The van der Waals surface area contributed by atoms with Crippen molar-refractivity contribution in [2.45, 2.75) is 6.42 Å². The van der Waals surface area contributed by atoms with Gasteiger partial charge in [0, 0.05) is 35.3 Å². The summed E-state index contributed by atoms with van der Waals surface area (Å²) in [5.74, 6) is -4.05. The van der Waals surface area contributed by atoms with Gasteiger partial charge in [0.1, 0.15) is 23.3 Å². The maximum absolute atomic E-state index is 14.3. The smallest absolute Gasteiger partial charge is 0.255 e. The Morgan fingerprint density at radius 2 is 1.62 bits per heavy atom. The minimum absolute atomic E-state index is 0.0364. The SMILES string of the molecule is Nc1nc(-n2nc(Cc3c(F)ccc(F)c3F)c3cc(F)ccc32)nc(N)c1-c1cccnc1. The fourth-order valence-electron chi connectivity index (χ4n) is 3.72. The van der Waals surface area contributed by atoms with Crippen molar-refractivity contribution in [3.05, 3.63) is 89.4 Å². The van der Waals surface area contributed by atoms with Crippen molar-refractivity contribution in [1.29, 1.82) is 0 Å². The quantitative estimate of drug-likeness (QED) is 0.304. The zero-order chi connectivity index (χ0) is 24.0. The van der Waals surface area contributed by atoms with Gasteiger partial charge in [0.05, 0.1) is 16.8 Å². The average Bonchev–Trinajstić information content (AvgIpc) is 3.17. The van der Waals surface area contributed by atoms with Crippen molar-refractivity contribution in [2.24, 2.45) is 0 Å². The van der Waals surface area contributed by atoms with E-state index in [1.54, 1.807) is 24.5 Å². The van der Waals surface area contributed by atoms with E-state index in [0.717, 1.165) is 12.1 Å². The third-order valence-electron chi connectivity index (χ3n) is 5.29. The number of nitrogens with two attached hydrogens (primary N) is 2. The third-order valence-corrected chi connectivity index (χ3v) is 5.29. The van der Waals surface area contributed by atoms with Crippen molar-refractivity contribution in [2.75, 3.05) is 11.5 Å². The lowest BCUT2D eigenvalue weighted by molar-refractivity contribution is 0.482. The first-order valence-corrected chi connectivity index (χ1v) is 9.96. The molecule has 4 N–H and O–H groups in total. The minimum atomic E-state index is -1.34. The second kappa shape index (κ2) is 8.10. The molecule has 0 radical (unpaired) electrons. The van der Waals surface area contributed by atoms with E-state index in [1.807, 2.05) is 0 Å². The van der Waals surface area contributed by atoms with E-state index in [0.29, 0.717) is 22.7 Å². The van der Waals surface area contributed by atoms with Gasteiger partial charge in [-0.2, -0.15) is 19.7 Å². The monoisotopic (exact) mass is 465 g/mol. The van der Waals surface area contributed by atoms with Gasteiger partial charge in [-0.25, -0.2) is 17.6 Å². The molecule has 0 saturated carbocycles. The maximum Gasteiger partial charge on any atom is 0.255 e. The van der Waals surface area contributed by atoms with Gasteiger partial charge in [0.15, 0.2) is 11.6 Å². The van der Waals surface area contributed by atoms with Crippen LogP contribution in [0.4, 0.5) is 29.2 Å². The summed E-state index contributed by atoms with van der Waals surface area (Å²) in [5.41, 5.74) is 13.1. The van der Waals surface area contributed by atoms with E-state index < -0.39 is 35.3 Å². The molecule has 0 aliphatic rings. The third kappa shape index (κ3) is 3.56. The fraction of sp³-hybridized carbons (Fsp3) is 0.0435. The second-order valence-electron chi connectivity index (χ2n) is 7.43. The van der Waals surface area contributed by atoms with Gasteiger partial charge in [-0.1, -0.05) is 6.07 Å². The van der Waals surface area contributed by atoms with Crippen LogP contribution in [0, 0.1) is 23.3 Å². The molecule has 0 aliphatic carbocycles. The van der Waals surface area contributed by atoms with Crippen molar-refractivity contribution < 1.29 is 17.6 Å². The van der Waals surface area contributed by atoms with Crippen molar-refractivity contribution in [3.8, 4) is 17.1 Å². The summed E-state index contributed by atoms with van der Waals surface area (Å²) >= 11 is 0. The van der Waals surface area contributed by atoms with Gasteiger partial charge in [0.2, 0.25) is 0 Å². The number of nitrogens with zero attached hydrogens (tertiary/aromatic N) is 5. The first-order valence-electron chi connectivity index (χ1n) is 9.96. The Kier molecular flexibility index (Phi) is 5.08. The highest BCUT2D eigenvalue weighted by molar-refractivity contribution is 5.85. The molecule has 7 nitrogen and oxygen atoms in total. The largest absolute Gasteiger partial charge is 0.383 e. The topological polar surface area (TPSA) is 109 Å². The van der Waals surface area contributed by atoms with Crippen LogP contribution in [-0.4, -0.2) is 24.7 Å².